The fraction of sp³-hybridized carbons (Fsp3) is 0.640. The van der Waals surface area contributed by atoms with Crippen molar-refractivity contribution >= 4 is 22.7 Å². The highest BCUT2D eigenvalue weighted by Gasteiger charge is 2.37. The topological polar surface area (TPSA) is 64.4 Å². The third-order valence-electron chi connectivity index (χ3n) is 6.28. The molecule has 0 radical (unpaired) electrons. The van der Waals surface area contributed by atoms with E-state index >= 15 is 0 Å². The number of imidazole rings is 1. The van der Waals surface area contributed by atoms with Crippen LogP contribution in [0.3, 0.4) is 0 Å². The summed E-state index contributed by atoms with van der Waals surface area (Å²) in [7, 11) is 1.61. The third kappa shape index (κ3) is 4.78. The average Bonchev–Trinajstić information content (AvgIpc) is 3.28. The summed E-state index contributed by atoms with van der Waals surface area (Å²) in [5.74, 6) is 1.05. The smallest absolute Gasteiger partial charge is 0.243 e. The van der Waals surface area contributed by atoms with Crippen molar-refractivity contribution < 1.29 is 14.3 Å². The molecule has 2 heterocycles. The van der Waals surface area contributed by atoms with Gasteiger partial charge in [0.15, 0.2) is 5.82 Å². The normalized spacial score (nSPS) is 19.2. The molecular weight excluding hydrogens is 390 g/mol. The molecule has 0 aliphatic carbocycles. The van der Waals surface area contributed by atoms with Crippen molar-refractivity contribution in [2.24, 2.45) is 5.41 Å². The van der Waals surface area contributed by atoms with E-state index in [4.69, 9.17) is 4.74 Å². The number of Topliss-reactive ketones (excluding diaryl/α,β-unsaturated/α-hetero) is 1. The molecule has 1 amide bonds. The van der Waals surface area contributed by atoms with E-state index in [0.29, 0.717) is 29.2 Å². The maximum Gasteiger partial charge on any atom is 0.243 e. The standard InChI is InChI=1S/C25H37N3O3/c1-7-9-17-11-12-18(10-8-2)28(17)22(29)16-27-21-15-19(31-6)13-14-20(21)26-24(27)23(30)25(3,4)5/h13-15,17-18H,7-12,16H2,1-6H3. The predicted octanol–water partition coefficient (Wildman–Crippen LogP) is 5.23. The third-order valence-corrected chi connectivity index (χ3v) is 6.28. The maximum atomic E-state index is 13.6. The summed E-state index contributed by atoms with van der Waals surface area (Å²) < 4.78 is 7.20. The molecule has 6 nitrogen and oxygen atoms in total. The number of benzene rings is 1. The van der Waals surface area contributed by atoms with Crippen molar-refractivity contribution in [3.05, 3.63) is 24.0 Å². The Labute approximate surface area is 186 Å². The zero-order valence-electron chi connectivity index (χ0n) is 19.9. The summed E-state index contributed by atoms with van der Waals surface area (Å²) in [6.45, 7) is 10.1. The monoisotopic (exact) mass is 427 g/mol. The molecule has 2 aromatic rings. The summed E-state index contributed by atoms with van der Waals surface area (Å²) in [4.78, 5) is 33.6. The average molecular weight is 428 g/mol. The van der Waals surface area contributed by atoms with Crippen molar-refractivity contribution in [2.45, 2.75) is 91.8 Å². The van der Waals surface area contributed by atoms with E-state index < -0.39 is 5.41 Å². The quantitative estimate of drug-likeness (QED) is 0.541. The molecule has 0 N–H and O–H groups in total. The number of fused-ring (bicyclic) bond motifs is 1. The lowest BCUT2D eigenvalue weighted by Crippen LogP contribution is -2.43. The van der Waals surface area contributed by atoms with Gasteiger partial charge in [-0.2, -0.15) is 0 Å². The fourth-order valence-electron chi connectivity index (χ4n) is 4.72. The van der Waals surface area contributed by atoms with Crippen LogP contribution in [0.15, 0.2) is 18.2 Å². The first-order valence-electron chi connectivity index (χ1n) is 11.6. The van der Waals surface area contributed by atoms with Gasteiger partial charge in [0.05, 0.1) is 18.1 Å². The number of amides is 1. The second kappa shape index (κ2) is 9.41. The summed E-state index contributed by atoms with van der Waals surface area (Å²) in [5, 5.41) is 0. The van der Waals surface area contributed by atoms with Gasteiger partial charge in [-0.25, -0.2) is 4.98 Å². The summed E-state index contributed by atoms with van der Waals surface area (Å²) in [5.41, 5.74) is 0.881. The largest absolute Gasteiger partial charge is 0.497 e. The molecule has 0 bridgehead atoms. The molecule has 1 aliphatic heterocycles. The number of hydrogen-bond acceptors (Lipinski definition) is 4. The van der Waals surface area contributed by atoms with Gasteiger partial charge >= 0.3 is 0 Å². The number of carbonyl (C=O) groups excluding carboxylic acids is 2. The van der Waals surface area contributed by atoms with Crippen LogP contribution in [0.2, 0.25) is 0 Å². The Kier molecular flexibility index (Phi) is 7.07. The molecule has 1 fully saturated rings. The molecule has 1 aliphatic rings. The van der Waals surface area contributed by atoms with Crippen LogP contribution < -0.4 is 4.74 Å². The highest BCUT2D eigenvalue weighted by atomic mass is 16.5. The van der Waals surface area contributed by atoms with Gasteiger partial charge in [0.25, 0.3) is 0 Å². The van der Waals surface area contributed by atoms with E-state index in [1.807, 2.05) is 39.0 Å². The molecule has 31 heavy (non-hydrogen) atoms. The van der Waals surface area contributed by atoms with Gasteiger partial charge in [-0.3, -0.25) is 9.59 Å². The van der Waals surface area contributed by atoms with E-state index in [1.54, 1.807) is 11.7 Å². The molecule has 170 valence electrons. The SMILES string of the molecule is CCCC1CCC(CCC)N1C(=O)Cn1c(C(=O)C(C)(C)C)nc2ccc(OC)cc21. The Morgan fingerprint density at radius 1 is 1.10 bits per heavy atom. The molecule has 3 rings (SSSR count). The summed E-state index contributed by atoms with van der Waals surface area (Å²) in [6.07, 6.45) is 6.31. The Bertz CT molecular complexity index is 927. The van der Waals surface area contributed by atoms with Crippen LogP contribution in [0, 0.1) is 5.41 Å². The van der Waals surface area contributed by atoms with Crippen molar-refractivity contribution in [3.63, 3.8) is 0 Å². The zero-order valence-corrected chi connectivity index (χ0v) is 19.9. The number of nitrogens with zero attached hydrogens (tertiary/aromatic N) is 3. The van der Waals surface area contributed by atoms with E-state index in [-0.39, 0.29) is 18.2 Å². The number of carbonyl (C=O) groups is 2. The molecule has 1 saturated heterocycles. The van der Waals surface area contributed by atoms with Gasteiger partial charge in [-0.1, -0.05) is 47.5 Å². The molecule has 1 aromatic carbocycles. The number of hydrogen-bond donors (Lipinski definition) is 0. The van der Waals surface area contributed by atoms with Crippen LogP contribution in [-0.2, 0) is 11.3 Å². The number of methoxy groups -OCH3 is 1. The molecule has 1 aromatic heterocycles. The van der Waals surface area contributed by atoms with E-state index in [9.17, 15) is 9.59 Å². The Morgan fingerprint density at radius 2 is 1.71 bits per heavy atom. The number of rotatable bonds is 8. The molecular formula is C25H37N3O3. The minimum atomic E-state index is -0.588. The van der Waals surface area contributed by atoms with E-state index in [0.717, 1.165) is 44.0 Å². The number of ketones is 1. The van der Waals surface area contributed by atoms with Gasteiger partial charge < -0.3 is 14.2 Å². The second-order valence-electron chi connectivity index (χ2n) is 9.72. The highest BCUT2D eigenvalue weighted by molar-refractivity contribution is 6.00. The van der Waals surface area contributed by atoms with Gasteiger partial charge in [0.2, 0.25) is 11.7 Å². The van der Waals surface area contributed by atoms with Crippen LogP contribution in [0.4, 0.5) is 0 Å². The van der Waals surface area contributed by atoms with Crippen LogP contribution in [0.1, 0.15) is 83.8 Å². The van der Waals surface area contributed by atoms with Crippen LogP contribution in [0.5, 0.6) is 5.75 Å². The van der Waals surface area contributed by atoms with Crippen molar-refractivity contribution in [3.8, 4) is 5.75 Å². The van der Waals surface area contributed by atoms with Gasteiger partial charge in [-0.05, 0) is 37.8 Å². The van der Waals surface area contributed by atoms with E-state index in [1.165, 1.54) is 0 Å². The molecule has 6 heteroatoms. The Morgan fingerprint density at radius 3 is 2.23 bits per heavy atom. The van der Waals surface area contributed by atoms with Crippen molar-refractivity contribution in [2.75, 3.05) is 7.11 Å². The van der Waals surface area contributed by atoms with Gasteiger partial charge in [0, 0.05) is 23.6 Å². The first-order chi connectivity index (χ1) is 14.7. The first kappa shape index (κ1) is 23.3. The minimum absolute atomic E-state index is 0.0629. The van der Waals surface area contributed by atoms with Crippen LogP contribution in [0.25, 0.3) is 11.0 Å². The first-order valence-corrected chi connectivity index (χ1v) is 11.6. The number of aromatic nitrogens is 2. The lowest BCUT2D eigenvalue weighted by Gasteiger charge is -2.31. The van der Waals surface area contributed by atoms with Gasteiger partial charge in [0.1, 0.15) is 12.3 Å². The van der Waals surface area contributed by atoms with Crippen molar-refractivity contribution in [1.82, 2.24) is 14.5 Å². The highest BCUT2D eigenvalue weighted by Crippen LogP contribution is 2.32. The second-order valence-corrected chi connectivity index (χ2v) is 9.72. The Hall–Kier alpha value is -2.37. The fourth-order valence-corrected chi connectivity index (χ4v) is 4.72. The van der Waals surface area contributed by atoms with Gasteiger partial charge in [-0.15, -0.1) is 0 Å². The number of likely N-dealkylation sites (tertiary alicyclic amines) is 1. The lowest BCUT2D eigenvalue weighted by atomic mass is 9.90. The maximum absolute atomic E-state index is 13.6. The predicted molar refractivity (Wildman–Crippen MR) is 124 cm³/mol. The molecule has 0 saturated carbocycles. The minimum Gasteiger partial charge on any atom is -0.497 e. The number of ether oxygens (including phenoxy) is 1. The molecule has 0 spiro atoms. The summed E-state index contributed by atoms with van der Waals surface area (Å²) >= 11 is 0. The van der Waals surface area contributed by atoms with Crippen LogP contribution >= 0.6 is 0 Å². The van der Waals surface area contributed by atoms with Crippen LogP contribution in [-0.4, -0.2) is 45.3 Å². The van der Waals surface area contributed by atoms with E-state index in [2.05, 4.69) is 23.7 Å². The van der Waals surface area contributed by atoms with Crippen molar-refractivity contribution in [1.29, 1.82) is 0 Å². The summed E-state index contributed by atoms with van der Waals surface area (Å²) in [6, 6.07) is 6.14. The Balaban J connectivity index is 2.03. The molecule has 2 unspecified atom stereocenters. The molecule has 2 atom stereocenters. The lowest BCUT2D eigenvalue weighted by molar-refractivity contribution is -0.135. The zero-order chi connectivity index (χ0) is 22.8.